The summed E-state index contributed by atoms with van der Waals surface area (Å²) in [4.78, 5) is 40.7. The number of ketones is 1. The van der Waals surface area contributed by atoms with Gasteiger partial charge < -0.3 is 15.0 Å². The number of aromatic nitrogens is 1. The summed E-state index contributed by atoms with van der Waals surface area (Å²) in [6.07, 6.45) is 0.304. The van der Waals surface area contributed by atoms with E-state index < -0.39 is 12.0 Å². The highest BCUT2D eigenvalue weighted by Crippen LogP contribution is 2.13. The molecule has 23 heavy (non-hydrogen) atoms. The molecule has 1 heterocycles. The lowest BCUT2D eigenvalue weighted by atomic mass is 10.1. The van der Waals surface area contributed by atoms with E-state index in [1.165, 1.54) is 30.3 Å². The average Bonchev–Trinajstić information content (AvgIpc) is 2.89. The van der Waals surface area contributed by atoms with Crippen LogP contribution in [0.4, 0.5) is 4.79 Å². The number of esters is 1. The highest BCUT2D eigenvalue weighted by molar-refractivity contribution is 7.09. The van der Waals surface area contributed by atoms with E-state index in [-0.39, 0.29) is 17.7 Å². The minimum Gasteiger partial charge on any atom is -0.467 e. The van der Waals surface area contributed by atoms with Gasteiger partial charge in [0.2, 0.25) is 0 Å². The molecule has 2 amide bonds. The quantitative estimate of drug-likeness (QED) is 0.761. The molecule has 1 aromatic heterocycles. The number of hydrogen-bond acceptors (Lipinski definition) is 6. The molecule has 1 aromatic rings. The Bertz CT molecular complexity index is 571. The van der Waals surface area contributed by atoms with Gasteiger partial charge in [0.25, 0.3) is 0 Å². The molecule has 1 N–H and O–H groups in total. The second-order valence-corrected chi connectivity index (χ2v) is 6.60. The van der Waals surface area contributed by atoms with Crippen molar-refractivity contribution in [3.05, 3.63) is 16.1 Å². The molecular formula is C15H23N3O4S. The summed E-state index contributed by atoms with van der Waals surface area (Å²) >= 11 is 1.39. The lowest BCUT2D eigenvalue weighted by Gasteiger charge is -2.23. The Balaban J connectivity index is 2.64. The number of ether oxygens (including phenoxy) is 1. The smallest absolute Gasteiger partial charge is 0.328 e. The zero-order valence-corrected chi connectivity index (χ0v) is 14.9. The lowest BCUT2D eigenvalue weighted by molar-refractivity contribution is -0.144. The molecule has 128 valence electrons. The third-order valence-corrected chi connectivity index (χ3v) is 4.04. The van der Waals surface area contributed by atoms with E-state index in [9.17, 15) is 14.4 Å². The van der Waals surface area contributed by atoms with Crippen molar-refractivity contribution in [3.8, 4) is 0 Å². The molecule has 0 aromatic carbocycles. The van der Waals surface area contributed by atoms with Crippen molar-refractivity contribution in [1.82, 2.24) is 15.2 Å². The molecule has 0 saturated heterocycles. The highest BCUT2D eigenvalue weighted by Gasteiger charge is 2.26. The minimum absolute atomic E-state index is 0.0508. The van der Waals surface area contributed by atoms with Crippen molar-refractivity contribution in [2.75, 3.05) is 14.2 Å². The monoisotopic (exact) mass is 341 g/mol. The van der Waals surface area contributed by atoms with Crippen molar-refractivity contribution < 1.29 is 19.1 Å². The van der Waals surface area contributed by atoms with E-state index >= 15 is 0 Å². The van der Waals surface area contributed by atoms with Crippen molar-refractivity contribution in [2.24, 2.45) is 5.92 Å². The molecule has 0 radical (unpaired) electrons. The summed E-state index contributed by atoms with van der Waals surface area (Å²) in [6, 6.07) is -1.08. The first-order chi connectivity index (χ1) is 10.7. The van der Waals surface area contributed by atoms with Crippen LogP contribution in [0.1, 0.15) is 31.5 Å². The Morgan fingerprint density at radius 3 is 2.57 bits per heavy atom. The first-order valence-electron chi connectivity index (χ1n) is 7.26. The summed E-state index contributed by atoms with van der Waals surface area (Å²) in [7, 11) is 2.91. The van der Waals surface area contributed by atoms with Crippen molar-refractivity contribution in [2.45, 2.75) is 39.8 Å². The van der Waals surface area contributed by atoms with E-state index in [4.69, 9.17) is 4.74 Å². The Morgan fingerprint density at radius 2 is 2.04 bits per heavy atom. The summed E-state index contributed by atoms with van der Waals surface area (Å²) in [5, 5.41) is 5.21. The molecule has 1 atom stereocenters. The Morgan fingerprint density at radius 1 is 1.39 bits per heavy atom. The fourth-order valence-corrected chi connectivity index (χ4v) is 2.75. The number of nitrogens with one attached hydrogen (secondary N) is 1. The van der Waals surface area contributed by atoms with E-state index in [0.717, 1.165) is 5.01 Å². The van der Waals surface area contributed by atoms with Gasteiger partial charge in [0, 0.05) is 12.4 Å². The van der Waals surface area contributed by atoms with E-state index in [0.29, 0.717) is 18.7 Å². The standard InChI is InChI=1S/C15H23N3O4S/c1-9(2)13(14(20)22-5)17-15(21)18(4)7-11-8-23-12(16-11)6-10(3)19/h8-9,13H,6-7H2,1-5H3,(H,17,21). The summed E-state index contributed by atoms with van der Waals surface area (Å²) in [6.45, 7) is 5.47. The average molecular weight is 341 g/mol. The number of amides is 2. The van der Waals surface area contributed by atoms with Gasteiger partial charge in [-0.2, -0.15) is 0 Å². The number of carbonyl (C=O) groups is 3. The Kier molecular flexibility index (Phi) is 7.15. The molecule has 0 bridgehead atoms. The second kappa shape index (κ2) is 8.61. The SMILES string of the molecule is COC(=O)C(NC(=O)N(C)Cc1csc(CC(C)=O)n1)C(C)C. The summed E-state index contributed by atoms with van der Waals surface area (Å²) in [5.74, 6) is -0.504. The maximum atomic E-state index is 12.2. The van der Waals surface area contributed by atoms with Crippen LogP contribution >= 0.6 is 11.3 Å². The van der Waals surface area contributed by atoms with Crippen molar-refractivity contribution in [1.29, 1.82) is 0 Å². The number of methoxy groups -OCH3 is 1. The van der Waals surface area contributed by atoms with Gasteiger partial charge in [0.05, 0.1) is 25.8 Å². The fraction of sp³-hybridized carbons (Fsp3) is 0.600. The van der Waals surface area contributed by atoms with Crippen LogP contribution in [0.2, 0.25) is 0 Å². The van der Waals surface area contributed by atoms with Crippen molar-refractivity contribution >= 4 is 29.1 Å². The number of urea groups is 1. The van der Waals surface area contributed by atoms with Gasteiger partial charge in [-0.25, -0.2) is 14.6 Å². The number of rotatable bonds is 7. The number of carbonyl (C=O) groups excluding carboxylic acids is 3. The molecule has 0 fully saturated rings. The first-order valence-corrected chi connectivity index (χ1v) is 8.14. The number of Topliss-reactive ketones (excluding diaryl/α,β-unsaturated/α-hetero) is 1. The molecule has 0 saturated carbocycles. The van der Waals surface area contributed by atoms with Gasteiger partial charge in [0.15, 0.2) is 0 Å². The third kappa shape index (κ3) is 5.97. The Labute approximate surface area is 140 Å². The van der Waals surface area contributed by atoms with E-state index in [1.807, 2.05) is 19.2 Å². The number of hydrogen-bond donors (Lipinski definition) is 1. The van der Waals surface area contributed by atoms with Gasteiger partial charge in [0.1, 0.15) is 16.8 Å². The third-order valence-electron chi connectivity index (χ3n) is 3.15. The number of nitrogens with zero attached hydrogens (tertiary/aromatic N) is 2. The molecule has 1 unspecified atom stereocenters. The van der Waals surface area contributed by atoms with Gasteiger partial charge in [-0.15, -0.1) is 11.3 Å². The molecule has 0 aliphatic rings. The zero-order valence-electron chi connectivity index (χ0n) is 14.1. The summed E-state index contributed by atoms with van der Waals surface area (Å²) in [5.41, 5.74) is 0.711. The molecule has 7 nitrogen and oxygen atoms in total. The second-order valence-electron chi connectivity index (χ2n) is 5.66. The van der Waals surface area contributed by atoms with Gasteiger partial charge in [-0.05, 0) is 12.8 Å². The van der Waals surface area contributed by atoms with Crippen LogP contribution in [0.3, 0.4) is 0 Å². The van der Waals surface area contributed by atoms with Crippen LogP contribution in [-0.2, 0) is 27.3 Å². The molecule has 1 rings (SSSR count). The largest absolute Gasteiger partial charge is 0.467 e. The van der Waals surface area contributed by atoms with Crippen LogP contribution in [0, 0.1) is 5.92 Å². The maximum absolute atomic E-state index is 12.2. The van der Waals surface area contributed by atoms with Crippen LogP contribution in [0.5, 0.6) is 0 Å². The molecule has 0 aliphatic carbocycles. The normalized spacial score (nSPS) is 11.9. The van der Waals surface area contributed by atoms with E-state index in [1.54, 1.807) is 7.05 Å². The molecule has 0 aliphatic heterocycles. The summed E-state index contributed by atoms with van der Waals surface area (Å²) < 4.78 is 4.70. The predicted molar refractivity (Wildman–Crippen MR) is 87.1 cm³/mol. The minimum atomic E-state index is -0.696. The van der Waals surface area contributed by atoms with Crippen molar-refractivity contribution in [3.63, 3.8) is 0 Å². The zero-order chi connectivity index (χ0) is 17.6. The van der Waals surface area contributed by atoms with E-state index in [2.05, 4.69) is 10.3 Å². The van der Waals surface area contributed by atoms with Gasteiger partial charge in [-0.1, -0.05) is 13.8 Å². The highest BCUT2D eigenvalue weighted by atomic mass is 32.1. The van der Waals surface area contributed by atoms with Crippen LogP contribution in [0.15, 0.2) is 5.38 Å². The van der Waals surface area contributed by atoms with Crippen LogP contribution in [-0.4, -0.2) is 47.9 Å². The topological polar surface area (TPSA) is 88.6 Å². The number of thiazole rings is 1. The lowest BCUT2D eigenvalue weighted by Crippen LogP contribution is -2.49. The predicted octanol–water partition coefficient (Wildman–Crippen LogP) is 1.61. The molecule has 8 heteroatoms. The molecular weight excluding hydrogens is 318 g/mol. The maximum Gasteiger partial charge on any atom is 0.328 e. The van der Waals surface area contributed by atoms with Crippen LogP contribution in [0.25, 0.3) is 0 Å². The van der Waals surface area contributed by atoms with Crippen LogP contribution < -0.4 is 5.32 Å². The molecule has 0 spiro atoms. The fourth-order valence-electron chi connectivity index (χ4n) is 1.90. The first kappa shape index (κ1) is 19.1. The Hall–Kier alpha value is -1.96. The van der Waals surface area contributed by atoms with Gasteiger partial charge >= 0.3 is 12.0 Å². The van der Waals surface area contributed by atoms with Gasteiger partial charge in [-0.3, -0.25) is 4.79 Å².